The van der Waals surface area contributed by atoms with Crippen LogP contribution in [0, 0.1) is 0 Å². The monoisotopic (exact) mass is 356 g/mol. The molecule has 0 radical (unpaired) electrons. The Labute approximate surface area is 128 Å². The smallest absolute Gasteiger partial charge is 0.339 e. The molecule has 21 heavy (non-hydrogen) atoms. The minimum Gasteiger partial charge on any atom is -0.485 e. The first kappa shape index (κ1) is 15.4. The average Bonchev–Trinajstić information content (AvgIpc) is 2.46. The third-order valence-corrected chi connectivity index (χ3v) is 3.42. The molecule has 2 aromatic rings. The van der Waals surface area contributed by atoms with Crippen molar-refractivity contribution in [3.05, 3.63) is 64.1 Å². The summed E-state index contributed by atoms with van der Waals surface area (Å²) in [6.07, 6.45) is 0. The molecule has 0 saturated carbocycles. The number of benzene rings is 2. The molecule has 3 nitrogen and oxygen atoms in total. The van der Waals surface area contributed by atoms with Gasteiger partial charge in [0.1, 0.15) is 11.3 Å². The summed E-state index contributed by atoms with van der Waals surface area (Å²) in [7, 11) is 0. The number of halogens is 3. The largest absolute Gasteiger partial charge is 0.485 e. The summed E-state index contributed by atoms with van der Waals surface area (Å²) in [5.74, 6) is -4.57. The van der Waals surface area contributed by atoms with E-state index in [0.29, 0.717) is 4.47 Å². The molecule has 0 aliphatic rings. The van der Waals surface area contributed by atoms with E-state index >= 15 is 0 Å². The Morgan fingerprint density at radius 3 is 2.43 bits per heavy atom. The molecule has 6 heteroatoms. The highest BCUT2D eigenvalue weighted by Gasteiger charge is 2.33. The highest BCUT2D eigenvalue weighted by atomic mass is 79.9. The van der Waals surface area contributed by atoms with Gasteiger partial charge in [-0.1, -0.05) is 36.4 Å². The summed E-state index contributed by atoms with van der Waals surface area (Å²) < 4.78 is 33.4. The predicted octanol–water partition coefficient (Wildman–Crippen LogP) is 4.32. The predicted molar refractivity (Wildman–Crippen MR) is 76.9 cm³/mol. The fourth-order valence-electron chi connectivity index (χ4n) is 1.75. The lowest BCUT2D eigenvalue weighted by atomic mass is 10.1. The van der Waals surface area contributed by atoms with Crippen molar-refractivity contribution in [3.8, 4) is 5.75 Å². The molecule has 2 rings (SSSR count). The topological polar surface area (TPSA) is 46.5 Å². The number of rotatable bonds is 5. The highest BCUT2D eigenvalue weighted by Crippen LogP contribution is 2.33. The molecule has 0 fully saturated rings. The van der Waals surface area contributed by atoms with Crippen LogP contribution in [0.3, 0.4) is 0 Å². The number of hydrogen-bond donors (Lipinski definition) is 1. The van der Waals surface area contributed by atoms with Crippen molar-refractivity contribution in [1.29, 1.82) is 0 Å². The van der Waals surface area contributed by atoms with E-state index in [1.807, 2.05) is 0 Å². The Kier molecular flexibility index (Phi) is 4.57. The molecule has 0 saturated heterocycles. The minimum absolute atomic E-state index is 0.111. The zero-order chi connectivity index (χ0) is 15.5. The molecule has 0 aliphatic carbocycles. The standard InChI is InChI=1S/C15H11BrF2O3/c16-12-8-4-7-11(14(19)20)13(12)21-9-15(17,18)10-5-2-1-3-6-10/h1-8H,9H2,(H,19,20). The van der Waals surface area contributed by atoms with Crippen molar-refractivity contribution >= 4 is 21.9 Å². The van der Waals surface area contributed by atoms with E-state index in [2.05, 4.69) is 15.9 Å². The number of carboxylic acid groups (broad SMARTS) is 1. The first-order valence-electron chi connectivity index (χ1n) is 6.00. The van der Waals surface area contributed by atoms with Crippen LogP contribution in [0.2, 0.25) is 0 Å². The molecule has 0 aliphatic heterocycles. The van der Waals surface area contributed by atoms with Crippen LogP contribution in [0.25, 0.3) is 0 Å². The normalized spacial score (nSPS) is 11.2. The third-order valence-electron chi connectivity index (χ3n) is 2.79. The molecule has 0 amide bonds. The van der Waals surface area contributed by atoms with E-state index in [0.717, 1.165) is 0 Å². The number of carbonyl (C=O) groups is 1. The van der Waals surface area contributed by atoms with Gasteiger partial charge < -0.3 is 9.84 Å². The fourth-order valence-corrected chi connectivity index (χ4v) is 2.23. The molecule has 0 aromatic heterocycles. The lowest BCUT2D eigenvalue weighted by Gasteiger charge is -2.19. The van der Waals surface area contributed by atoms with E-state index in [4.69, 9.17) is 9.84 Å². The Hall–Kier alpha value is -1.95. The van der Waals surface area contributed by atoms with Gasteiger partial charge in [-0.25, -0.2) is 4.79 Å². The summed E-state index contributed by atoms with van der Waals surface area (Å²) >= 11 is 3.11. The van der Waals surface area contributed by atoms with Crippen molar-refractivity contribution in [2.45, 2.75) is 5.92 Å². The number of aromatic carboxylic acids is 1. The fraction of sp³-hybridized carbons (Fsp3) is 0.133. The summed E-state index contributed by atoms with van der Waals surface area (Å²) in [5.41, 5.74) is -0.359. The van der Waals surface area contributed by atoms with Gasteiger partial charge in [-0.05, 0) is 28.1 Å². The third kappa shape index (κ3) is 3.58. The molecular weight excluding hydrogens is 346 g/mol. The Bertz CT molecular complexity index is 645. The van der Waals surface area contributed by atoms with E-state index in [1.165, 1.54) is 42.5 Å². The van der Waals surface area contributed by atoms with E-state index < -0.39 is 18.5 Å². The van der Waals surface area contributed by atoms with Crippen molar-refractivity contribution in [2.24, 2.45) is 0 Å². The molecule has 1 N–H and O–H groups in total. The Balaban J connectivity index is 2.22. The lowest BCUT2D eigenvalue weighted by Crippen LogP contribution is -2.23. The SMILES string of the molecule is O=C(O)c1cccc(Br)c1OCC(F)(F)c1ccccc1. The van der Waals surface area contributed by atoms with E-state index in [1.54, 1.807) is 6.07 Å². The summed E-state index contributed by atoms with van der Waals surface area (Å²) in [6.45, 7) is -0.945. The first-order valence-corrected chi connectivity index (χ1v) is 6.79. The number of carboxylic acids is 1. The van der Waals surface area contributed by atoms with Crippen LogP contribution >= 0.6 is 15.9 Å². The number of para-hydroxylation sites is 1. The van der Waals surface area contributed by atoms with Gasteiger partial charge in [0.15, 0.2) is 6.61 Å². The van der Waals surface area contributed by atoms with Crippen molar-refractivity contribution in [2.75, 3.05) is 6.61 Å². The second-order valence-corrected chi connectivity index (χ2v) is 5.14. The van der Waals surface area contributed by atoms with Crippen LogP contribution < -0.4 is 4.74 Å². The summed E-state index contributed by atoms with van der Waals surface area (Å²) in [5, 5.41) is 9.05. The van der Waals surface area contributed by atoms with Crippen molar-refractivity contribution in [3.63, 3.8) is 0 Å². The van der Waals surface area contributed by atoms with E-state index in [-0.39, 0.29) is 16.9 Å². The first-order chi connectivity index (χ1) is 9.92. The van der Waals surface area contributed by atoms with Gasteiger partial charge in [-0.15, -0.1) is 0 Å². The summed E-state index contributed by atoms with van der Waals surface area (Å²) in [6, 6.07) is 11.6. The van der Waals surface area contributed by atoms with Gasteiger partial charge in [0.05, 0.1) is 4.47 Å². The van der Waals surface area contributed by atoms with Crippen LogP contribution in [-0.2, 0) is 5.92 Å². The second kappa shape index (κ2) is 6.22. The van der Waals surface area contributed by atoms with Gasteiger partial charge in [-0.3, -0.25) is 0 Å². The average molecular weight is 357 g/mol. The second-order valence-electron chi connectivity index (χ2n) is 4.28. The maximum atomic E-state index is 14.0. The molecule has 0 unspecified atom stereocenters. The maximum Gasteiger partial charge on any atom is 0.339 e. The maximum absolute atomic E-state index is 14.0. The molecule has 2 aromatic carbocycles. The quantitative estimate of drug-likeness (QED) is 0.867. The zero-order valence-corrected chi connectivity index (χ0v) is 12.3. The molecule has 0 spiro atoms. The van der Waals surface area contributed by atoms with Crippen LogP contribution in [0.5, 0.6) is 5.75 Å². The van der Waals surface area contributed by atoms with Crippen LogP contribution in [0.15, 0.2) is 53.0 Å². The van der Waals surface area contributed by atoms with Crippen LogP contribution in [0.1, 0.15) is 15.9 Å². The number of ether oxygens (including phenoxy) is 1. The Morgan fingerprint density at radius 2 is 1.81 bits per heavy atom. The van der Waals surface area contributed by atoms with Gasteiger partial charge in [0.25, 0.3) is 0 Å². The minimum atomic E-state index is -3.22. The summed E-state index contributed by atoms with van der Waals surface area (Å²) in [4.78, 5) is 11.1. The number of hydrogen-bond acceptors (Lipinski definition) is 2. The molecule has 0 heterocycles. The molecule has 0 bridgehead atoms. The highest BCUT2D eigenvalue weighted by molar-refractivity contribution is 9.10. The molecule has 0 atom stereocenters. The zero-order valence-electron chi connectivity index (χ0n) is 10.7. The van der Waals surface area contributed by atoms with Gasteiger partial charge >= 0.3 is 11.9 Å². The molecule has 110 valence electrons. The Morgan fingerprint density at radius 1 is 1.14 bits per heavy atom. The van der Waals surface area contributed by atoms with Gasteiger partial charge in [-0.2, -0.15) is 8.78 Å². The van der Waals surface area contributed by atoms with Crippen LogP contribution in [-0.4, -0.2) is 17.7 Å². The van der Waals surface area contributed by atoms with Gasteiger partial charge in [0.2, 0.25) is 0 Å². The van der Waals surface area contributed by atoms with Gasteiger partial charge in [0, 0.05) is 5.56 Å². The lowest BCUT2D eigenvalue weighted by molar-refractivity contribution is -0.0471. The molecular formula is C15H11BrF2O3. The van der Waals surface area contributed by atoms with Crippen molar-refractivity contribution < 1.29 is 23.4 Å². The number of alkyl halides is 2. The van der Waals surface area contributed by atoms with Crippen LogP contribution in [0.4, 0.5) is 8.78 Å². The van der Waals surface area contributed by atoms with Crippen molar-refractivity contribution in [1.82, 2.24) is 0 Å². The van der Waals surface area contributed by atoms with E-state index in [9.17, 15) is 13.6 Å².